The van der Waals surface area contributed by atoms with Crippen LogP contribution in [0.4, 0.5) is 0 Å². The Labute approximate surface area is 126 Å². The summed E-state index contributed by atoms with van der Waals surface area (Å²) in [7, 11) is 0. The normalized spacial score (nSPS) is 14.2. The van der Waals surface area contributed by atoms with Gasteiger partial charge in [0.05, 0.1) is 11.2 Å². The number of likely N-dealkylation sites (N-methyl/N-ethyl adjacent to an activating group) is 1. The Morgan fingerprint density at radius 3 is 2.35 bits per heavy atom. The van der Waals surface area contributed by atoms with Gasteiger partial charge >= 0.3 is 0 Å². The molecule has 2 nitrogen and oxygen atoms in total. The van der Waals surface area contributed by atoms with Crippen molar-refractivity contribution in [1.29, 1.82) is 0 Å². The molecule has 1 N–H and O–H groups in total. The Kier molecular flexibility index (Phi) is 4.95. The first-order chi connectivity index (χ1) is 9.61. The van der Waals surface area contributed by atoms with Crippen LogP contribution in [0.15, 0.2) is 30.3 Å². The molecule has 1 atom stereocenters. The second-order valence-electron chi connectivity index (χ2n) is 5.29. The lowest BCUT2D eigenvalue weighted by atomic mass is 9.88. The molecule has 0 fully saturated rings. The minimum absolute atomic E-state index is 0.0419. The number of aromatic nitrogens is 1. The van der Waals surface area contributed by atoms with Gasteiger partial charge in [-0.2, -0.15) is 0 Å². The highest BCUT2D eigenvalue weighted by molar-refractivity contribution is 7.11. The van der Waals surface area contributed by atoms with Gasteiger partial charge in [0.1, 0.15) is 5.01 Å². The van der Waals surface area contributed by atoms with Crippen LogP contribution in [0.25, 0.3) is 0 Å². The van der Waals surface area contributed by atoms with E-state index in [0.717, 1.165) is 25.1 Å². The number of thiazole rings is 1. The Morgan fingerprint density at radius 1 is 1.15 bits per heavy atom. The van der Waals surface area contributed by atoms with Crippen molar-refractivity contribution in [3.63, 3.8) is 0 Å². The molecule has 1 heterocycles. The van der Waals surface area contributed by atoms with Crippen LogP contribution in [-0.4, -0.2) is 11.5 Å². The Hall–Kier alpha value is -1.19. The number of benzene rings is 1. The van der Waals surface area contributed by atoms with E-state index in [-0.39, 0.29) is 5.54 Å². The van der Waals surface area contributed by atoms with E-state index in [4.69, 9.17) is 4.98 Å². The van der Waals surface area contributed by atoms with E-state index >= 15 is 0 Å². The molecule has 20 heavy (non-hydrogen) atoms. The second-order valence-corrected chi connectivity index (χ2v) is 6.49. The molecule has 0 bridgehead atoms. The van der Waals surface area contributed by atoms with E-state index < -0.39 is 0 Å². The monoisotopic (exact) mass is 288 g/mol. The van der Waals surface area contributed by atoms with Crippen LogP contribution in [0.2, 0.25) is 0 Å². The van der Waals surface area contributed by atoms with Crippen LogP contribution in [0.5, 0.6) is 0 Å². The fraction of sp³-hybridized carbons (Fsp3) is 0.471. The third-order valence-electron chi connectivity index (χ3n) is 3.91. The van der Waals surface area contributed by atoms with E-state index in [1.165, 1.54) is 15.4 Å². The van der Waals surface area contributed by atoms with E-state index in [0.29, 0.717) is 0 Å². The minimum atomic E-state index is -0.0419. The molecule has 3 heteroatoms. The first kappa shape index (κ1) is 15.2. The van der Waals surface area contributed by atoms with E-state index in [9.17, 15) is 0 Å². The van der Waals surface area contributed by atoms with Gasteiger partial charge < -0.3 is 5.32 Å². The summed E-state index contributed by atoms with van der Waals surface area (Å²) in [6.45, 7) is 9.63. The zero-order valence-corrected chi connectivity index (χ0v) is 13.7. The lowest BCUT2D eigenvalue weighted by Gasteiger charge is -2.32. The predicted octanol–water partition coefficient (Wildman–Crippen LogP) is 4.22. The van der Waals surface area contributed by atoms with Crippen LogP contribution in [-0.2, 0) is 12.0 Å². The summed E-state index contributed by atoms with van der Waals surface area (Å²) in [4.78, 5) is 6.15. The molecular weight excluding hydrogens is 264 g/mol. The minimum Gasteiger partial charge on any atom is -0.305 e. The standard InChI is InChI=1S/C17H24N2S/c1-5-17(18-6-2,12-15-10-8-7-9-11-15)16-19-13(3)14(4)20-16/h7-11,18H,5-6,12H2,1-4H3. The topological polar surface area (TPSA) is 24.9 Å². The van der Waals surface area contributed by atoms with Gasteiger partial charge in [0, 0.05) is 4.88 Å². The van der Waals surface area contributed by atoms with Crippen LogP contribution in [0.1, 0.15) is 41.4 Å². The van der Waals surface area contributed by atoms with Gasteiger partial charge in [0.15, 0.2) is 0 Å². The molecule has 0 aliphatic heterocycles. The number of hydrogen-bond acceptors (Lipinski definition) is 3. The van der Waals surface area contributed by atoms with Crippen molar-refractivity contribution in [3.8, 4) is 0 Å². The molecule has 108 valence electrons. The van der Waals surface area contributed by atoms with Gasteiger partial charge in [-0.25, -0.2) is 4.98 Å². The maximum atomic E-state index is 4.82. The van der Waals surface area contributed by atoms with Crippen molar-refractivity contribution in [3.05, 3.63) is 51.5 Å². The summed E-state index contributed by atoms with van der Waals surface area (Å²) in [6, 6.07) is 10.7. The first-order valence-corrected chi connectivity index (χ1v) is 8.16. The Bertz CT molecular complexity index is 528. The lowest BCUT2D eigenvalue weighted by Crippen LogP contribution is -2.43. The fourth-order valence-electron chi connectivity index (χ4n) is 2.58. The van der Waals surface area contributed by atoms with Crippen LogP contribution in [0.3, 0.4) is 0 Å². The number of nitrogens with one attached hydrogen (secondary N) is 1. The van der Waals surface area contributed by atoms with Gasteiger partial charge in [-0.15, -0.1) is 11.3 Å². The van der Waals surface area contributed by atoms with Crippen LogP contribution >= 0.6 is 11.3 Å². The summed E-state index contributed by atoms with van der Waals surface area (Å²) in [6.07, 6.45) is 2.03. The molecule has 2 aromatic rings. The van der Waals surface area contributed by atoms with Crippen molar-refractivity contribution < 1.29 is 0 Å². The first-order valence-electron chi connectivity index (χ1n) is 7.34. The zero-order valence-electron chi connectivity index (χ0n) is 12.9. The fourth-order valence-corrected chi connectivity index (χ4v) is 3.73. The predicted molar refractivity (Wildman–Crippen MR) is 87.4 cm³/mol. The summed E-state index contributed by atoms with van der Waals surface area (Å²) in [5.41, 5.74) is 2.48. The third-order valence-corrected chi connectivity index (χ3v) is 5.18. The summed E-state index contributed by atoms with van der Waals surface area (Å²) in [5, 5.41) is 4.92. The summed E-state index contributed by atoms with van der Waals surface area (Å²) in [5.74, 6) is 0. The van der Waals surface area contributed by atoms with Crippen LogP contribution in [0, 0.1) is 13.8 Å². The number of aryl methyl sites for hydroxylation is 2. The zero-order chi connectivity index (χ0) is 14.6. The van der Waals surface area contributed by atoms with Gasteiger partial charge in [-0.1, -0.05) is 44.2 Å². The molecule has 0 saturated heterocycles. The second kappa shape index (κ2) is 6.51. The van der Waals surface area contributed by atoms with Crippen molar-refractivity contribution in [2.45, 2.75) is 46.1 Å². The van der Waals surface area contributed by atoms with Crippen molar-refractivity contribution in [2.75, 3.05) is 6.54 Å². The molecule has 0 saturated carbocycles. The van der Waals surface area contributed by atoms with Gasteiger partial charge in [-0.05, 0) is 38.8 Å². The Morgan fingerprint density at radius 2 is 1.85 bits per heavy atom. The van der Waals surface area contributed by atoms with Crippen molar-refractivity contribution in [1.82, 2.24) is 10.3 Å². The van der Waals surface area contributed by atoms with E-state index in [1.54, 1.807) is 0 Å². The molecule has 1 aromatic heterocycles. The molecule has 0 amide bonds. The number of nitrogens with zero attached hydrogens (tertiary/aromatic N) is 1. The average molecular weight is 288 g/mol. The maximum absolute atomic E-state index is 4.82. The van der Waals surface area contributed by atoms with Gasteiger partial charge in [-0.3, -0.25) is 0 Å². The molecule has 0 aliphatic carbocycles. The van der Waals surface area contributed by atoms with Gasteiger partial charge in [0.25, 0.3) is 0 Å². The molecule has 0 aliphatic rings. The highest BCUT2D eigenvalue weighted by Gasteiger charge is 2.33. The highest BCUT2D eigenvalue weighted by Crippen LogP contribution is 2.33. The Balaban J connectivity index is 2.39. The van der Waals surface area contributed by atoms with E-state index in [2.05, 4.69) is 63.3 Å². The molecule has 0 radical (unpaired) electrons. The summed E-state index contributed by atoms with van der Waals surface area (Å²) < 4.78 is 0. The van der Waals surface area contributed by atoms with Crippen LogP contribution < -0.4 is 5.32 Å². The molecule has 1 unspecified atom stereocenters. The van der Waals surface area contributed by atoms with Crippen molar-refractivity contribution >= 4 is 11.3 Å². The maximum Gasteiger partial charge on any atom is 0.114 e. The average Bonchev–Trinajstić information content (AvgIpc) is 2.80. The quantitative estimate of drug-likeness (QED) is 0.861. The largest absolute Gasteiger partial charge is 0.305 e. The highest BCUT2D eigenvalue weighted by atomic mass is 32.1. The third kappa shape index (κ3) is 3.10. The SMILES string of the molecule is CCNC(CC)(Cc1ccccc1)c1nc(C)c(C)s1. The van der Waals surface area contributed by atoms with Gasteiger partial charge in [0.2, 0.25) is 0 Å². The molecule has 1 aromatic carbocycles. The molecular formula is C17H24N2S. The smallest absolute Gasteiger partial charge is 0.114 e. The van der Waals surface area contributed by atoms with Crippen molar-refractivity contribution in [2.24, 2.45) is 0 Å². The summed E-state index contributed by atoms with van der Waals surface area (Å²) >= 11 is 1.83. The molecule has 2 rings (SSSR count). The molecule has 0 spiro atoms. The number of hydrogen-bond donors (Lipinski definition) is 1. The lowest BCUT2D eigenvalue weighted by molar-refractivity contribution is 0.323. The number of rotatable bonds is 6. The van der Waals surface area contributed by atoms with E-state index in [1.807, 2.05) is 11.3 Å².